The molecule has 0 amide bonds. The highest BCUT2D eigenvalue weighted by molar-refractivity contribution is 5.81. The largest absolute Gasteiger partial charge is 0.508 e. The van der Waals surface area contributed by atoms with Crippen LogP contribution in [0.3, 0.4) is 0 Å². The lowest BCUT2D eigenvalue weighted by Gasteiger charge is -2.17. The van der Waals surface area contributed by atoms with Crippen molar-refractivity contribution in [3.63, 3.8) is 0 Å². The molecule has 1 saturated carbocycles. The smallest absolute Gasteiger partial charge is 0.145 e. The van der Waals surface area contributed by atoms with Gasteiger partial charge in [0.2, 0.25) is 0 Å². The molecule has 0 saturated heterocycles. The van der Waals surface area contributed by atoms with Gasteiger partial charge in [-0.15, -0.1) is 0 Å². The van der Waals surface area contributed by atoms with Gasteiger partial charge in [-0.2, -0.15) is 0 Å². The van der Waals surface area contributed by atoms with Crippen LogP contribution in [0, 0.1) is 0 Å². The van der Waals surface area contributed by atoms with E-state index in [0.717, 1.165) is 67.9 Å². The fourth-order valence-corrected chi connectivity index (χ4v) is 4.57. The lowest BCUT2D eigenvalue weighted by Crippen LogP contribution is -2.04. The molecule has 2 aliphatic carbocycles. The lowest BCUT2D eigenvalue weighted by molar-refractivity contribution is 0.115. The summed E-state index contributed by atoms with van der Waals surface area (Å²) in [5.41, 5.74) is 6.81. The van der Waals surface area contributed by atoms with Gasteiger partial charge in [0.15, 0.2) is 0 Å². The van der Waals surface area contributed by atoms with E-state index in [2.05, 4.69) is 31.7 Å². The second-order valence-electron chi connectivity index (χ2n) is 9.52. The normalized spacial score (nSPS) is 16.0. The maximum Gasteiger partial charge on any atom is 0.145 e. The molecule has 1 aromatic carbocycles. The summed E-state index contributed by atoms with van der Waals surface area (Å²) in [4.78, 5) is 0. The molecule has 34 heavy (non-hydrogen) atoms. The minimum atomic E-state index is 0.0604. The zero-order chi connectivity index (χ0) is 23.9. The number of ether oxygens (including phenoxy) is 2. The van der Waals surface area contributed by atoms with Crippen LogP contribution in [-0.4, -0.2) is 23.5 Å². The molecule has 5 heteroatoms. The van der Waals surface area contributed by atoms with Crippen molar-refractivity contribution in [2.24, 2.45) is 0 Å². The van der Waals surface area contributed by atoms with E-state index in [4.69, 9.17) is 14.0 Å². The summed E-state index contributed by atoms with van der Waals surface area (Å²) in [7, 11) is 0. The molecule has 5 nitrogen and oxygen atoms in total. The van der Waals surface area contributed by atoms with Gasteiger partial charge in [-0.25, -0.2) is 0 Å². The van der Waals surface area contributed by atoms with Crippen molar-refractivity contribution >= 4 is 11.3 Å². The van der Waals surface area contributed by atoms with Gasteiger partial charge in [0.05, 0.1) is 13.2 Å². The molecule has 2 aromatic rings. The summed E-state index contributed by atoms with van der Waals surface area (Å²) in [6, 6.07) is 7.39. The number of hydrogen-bond donors (Lipinski definition) is 1. The first-order valence-electron chi connectivity index (χ1n) is 12.6. The molecule has 0 bridgehead atoms. The van der Waals surface area contributed by atoms with Crippen LogP contribution in [0.5, 0.6) is 5.75 Å². The highest BCUT2D eigenvalue weighted by Crippen LogP contribution is 2.45. The molecule has 1 N–H and O–H groups in total. The number of benzene rings is 1. The topological polar surface area (TPSA) is 64.7 Å². The molecule has 1 heterocycles. The summed E-state index contributed by atoms with van der Waals surface area (Å²) in [5.74, 6) is 2.38. The summed E-state index contributed by atoms with van der Waals surface area (Å²) in [6.45, 7) is 9.92. The summed E-state index contributed by atoms with van der Waals surface area (Å²) in [6.07, 6.45) is 11.1. The lowest BCUT2D eigenvalue weighted by atomic mass is 9.88. The van der Waals surface area contributed by atoms with Crippen LogP contribution in [-0.2, 0) is 11.3 Å². The third-order valence-corrected chi connectivity index (χ3v) is 6.66. The number of rotatable bonds is 13. The van der Waals surface area contributed by atoms with E-state index in [1.54, 1.807) is 0 Å². The van der Waals surface area contributed by atoms with E-state index >= 15 is 0 Å². The van der Waals surface area contributed by atoms with Crippen LogP contribution < -0.4 is 4.74 Å². The van der Waals surface area contributed by atoms with Gasteiger partial charge in [0.1, 0.15) is 23.0 Å². The zero-order valence-corrected chi connectivity index (χ0v) is 20.6. The van der Waals surface area contributed by atoms with Crippen LogP contribution in [0.4, 0.5) is 0 Å². The van der Waals surface area contributed by atoms with Crippen LogP contribution >= 0.6 is 0 Å². The molecule has 4 rings (SSSR count). The third-order valence-electron chi connectivity index (χ3n) is 6.66. The number of aromatic nitrogens is 1. The average Bonchev–Trinajstić information content (AvgIpc) is 3.59. The van der Waals surface area contributed by atoms with Gasteiger partial charge in [0, 0.05) is 29.2 Å². The van der Waals surface area contributed by atoms with E-state index in [1.807, 2.05) is 24.3 Å². The van der Waals surface area contributed by atoms with Crippen molar-refractivity contribution in [3.05, 3.63) is 70.6 Å². The Bertz CT molecular complexity index is 1060. The van der Waals surface area contributed by atoms with Gasteiger partial charge in [-0.05, 0) is 76.5 Å². The maximum absolute atomic E-state index is 9.50. The first-order valence-corrected chi connectivity index (χ1v) is 12.6. The van der Waals surface area contributed by atoms with Crippen LogP contribution in [0.15, 0.2) is 52.6 Å². The number of allylic oxidation sites excluding steroid dienone is 4. The van der Waals surface area contributed by atoms with Gasteiger partial charge >= 0.3 is 0 Å². The molecular formula is C29H37NO4. The number of hydrogen-bond acceptors (Lipinski definition) is 5. The fraction of sp³-hybridized carbons (Fsp3) is 0.483. The van der Waals surface area contributed by atoms with Crippen molar-refractivity contribution in [1.82, 2.24) is 5.16 Å². The van der Waals surface area contributed by atoms with Crippen molar-refractivity contribution in [2.75, 3.05) is 13.2 Å². The fourth-order valence-electron chi connectivity index (χ4n) is 4.57. The van der Waals surface area contributed by atoms with Crippen molar-refractivity contribution in [2.45, 2.75) is 77.7 Å². The quantitative estimate of drug-likeness (QED) is 0.243. The first-order chi connectivity index (χ1) is 16.5. The highest BCUT2D eigenvalue weighted by atomic mass is 16.5. The molecule has 0 aliphatic heterocycles. The third kappa shape index (κ3) is 6.20. The summed E-state index contributed by atoms with van der Waals surface area (Å²) in [5, 5.41) is 14.0. The standard InChI is InChI=1S/C29H37NO4/c1-20-10-8-11-21(2)27(20)28-26(29(34-30-28)23-14-15-23)19-32-16-6-4-5-7-17-33-25-13-9-12-24(18-25)22(3)31/h9-10,12-13,18,23,31H,3-8,11,14-17,19H2,1-2H3. The molecule has 2 aliphatic rings. The molecule has 0 unspecified atom stereocenters. The van der Waals surface area contributed by atoms with Crippen LogP contribution in [0.2, 0.25) is 0 Å². The molecule has 182 valence electrons. The van der Waals surface area contributed by atoms with E-state index in [0.29, 0.717) is 24.7 Å². The van der Waals surface area contributed by atoms with Gasteiger partial charge in [-0.3, -0.25) is 0 Å². The van der Waals surface area contributed by atoms with Gasteiger partial charge in [-0.1, -0.05) is 41.9 Å². The Labute approximate surface area is 203 Å². The molecule has 0 radical (unpaired) electrons. The second kappa shape index (κ2) is 11.6. The van der Waals surface area contributed by atoms with Crippen LogP contribution in [0.25, 0.3) is 11.3 Å². The van der Waals surface area contributed by atoms with Crippen LogP contribution in [0.1, 0.15) is 93.7 Å². The van der Waals surface area contributed by atoms with Gasteiger partial charge < -0.3 is 19.1 Å². The Morgan fingerprint density at radius 1 is 1.15 bits per heavy atom. The van der Waals surface area contributed by atoms with Crippen molar-refractivity contribution < 1.29 is 19.1 Å². The molecule has 1 aromatic heterocycles. The van der Waals surface area contributed by atoms with Gasteiger partial charge in [0.25, 0.3) is 0 Å². The predicted octanol–water partition coefficient (Wildman–Crippen LogP) is 7.75. The monoisotopic (exact) mass is 463 g/mol. The zero-order valence-electron chi connectivity index (χ0n) is 20.6. The number of aliphatic hydroxyl groups is 1. The minimum Gasteiger partial charge on any atom is -0.508 e. The Balaban J connectivity index is 1.19. The summed E-state index contributed by atoms with van der Waals surface area (Å²) >= 11 is 0. The number of nitrogens with zero attached hydrogens (tertiary/aromatic N) is 1. The molecular weight excluding hydrogens is 426 g/mol. The van der Waals surface area contributed by atoms with Crippen molar-refractivity contribution in [3.8, 4) is 5.75 Å². The second-order valence-corrected chi connectivity index (χ2v) is 9.52. The Morgan fingerprint density at radius 2 is 1.94 bits per heavy atom. The summed E-state index contributed by atoms with van der Waals surface area (Å²) < 4.78 is 17.7. The number of unbranched alkanes of at least 4 members (excludes halogenated alkanes) is 3. The Hall–Kier alpha value is -2.79. The Kier molecular flexibility index (Phi) is 8.28. The molecule has 1 fully saturated rings. The predicted molar refractivity (Wildman–Crippen MR) is 136 cm³/mol. The van der Waals surface area contributed by atoms with E-state index in [9.17, 15) is 5.11 Å². The molecule has 0 spiro atoms. The average molecular weight is 464 g/mol. The number of aliphatic hydroxyl groups excluding tert-OH is 1. The first kappa shape index (κ1) is 24.3. The highest BCUT2D eigenvalue weighted by Gasteiger charge is 2.33. The van der Waals surface area contributed by atoms with Crippen molar-refractivity contribution in [1.29, 1.82) is 0 Å². The maximum atomic E-state index is 9.50. The minimum absolute atomic E-state index is 0.0604. The van der Waals surface area contributed by atoms with E-state index in [-0.39, 0.29) is 5.76 Å². The SMILES string of the molecule is C=C(O)c1cccc(OCCCCCCOCc2c(C3=C(C)CCC=C3C)noc2C2CC2)c1. The van der Waals surface area contributed by atoms with E-state index in [1.165, 1.54) is 29.6 Å². The van der Waals surface area contributed by atoms with E-state index < -0.39 is 0 Å². The molecule has 0 atom stereocenters. The Morgan fingerprint density at radius 3 is 2.68 bits per heavy atom.